The van der Waals surface area contributed by atoms with Crippen LogP contribution in [-0.4, -0.2) is 22.9 Å². The van der Waals surface area contributed by atoms with Gasteiger partial charge in [-0.25, -0.2) is 0 Å². The van der Waals surface area contributed by atoms with E-state index in [0.29, 0.717) is 0 Å². The molecule has 0 aliphatic rings. The molecule has 1 unspecified atom stereocenters. The second kappa shape index (κ2) is 6.41. The Labute approximate surface area is 128 Å². The molecular weight excluding hydrogens is 318 g/mol. The maximum absolute atomic E-state index is 5.77. The van der Waals surface area contributed by atoms with Gasteiger partial charge in [0.15, 0.2) is 0 Å². The lowest BCUT2D eigenvalue weighted by Gasteiger charge is -2.19. The SMILES string of the molecule is CNC(c1cccc(OC(C)C)c1)c1c(Br)cnn1C. The summed E-state index contributed by atoms with van der Waals surface area (Å²) in [6.07, 6.45) is 1.98. The molecule has 0 fully saturated rings. The minimum absolute atomic E-state index is 0.0626. The van der Waals surface area contributed by atoms with E-state index in [0.717, 1.165) is 21.5 Å². The van der Waals surface area contributed by atoms with Crippen molar-refractivity contribution >= 4 is 15.9 Å². The summed E-state index contributed by atoms with van der Waals surface area (Å²) in [4.78, 5) is 0. The molecule has 1 aromatic carbocycles. The summed E-state index contributed by atoms with van der Waals surface area (Å²) < 4.78 is 8.64. The van der Waals surface area contributed by atoms with Gasteiger partial charge < -0.3 is 10.1 Å². The van der Waals surface area contributed by atoms with Crippen molar-refractivity contribution in [3.05, 3.63) is 46.2 Å². The Morgan fingerprint density at radius 2 is 2.10 bits per heavy atom. The van der Waals surface area contributed by atoms with Crippen LogP contribution in [0.4, 0.5) is 0 Å². The number of nitrogens with one attached hydrogen (secondary N) is 1. The van der Waals surface area contributed by atoms with E-state index in [-0.39, 0.29) is 12.1 Å². The minimum atomic E-state index is 0.0626. The molecule has 0 spiro atoms. The Morgan fingerprint density at radius 1 is 1.35 bits per heavy atom. The average Bonchev–Trinajstić information content (AvgIpc) is 2.71. The van der Waals surface area contributed by atoms with Crippen molar-refractivity contribution < 1.29 is 4.74 Å². The van der Waals surface area contributed by atoms with Crippen molar-refractivity contribution in [2.24, 2.45) is 7.05 Å². The van der Waals surface area contributed by atoms with E-state index in [4.69, 9.17) is 4.74 Å². The first-order valence-corrected chi connectivity index (χ1v) is 7.43. The van der Waals surface area contributed by atoms with Gasteiger partial charge in [-0.15, -0.1) is 0 Å². The zero-order chi connectivity index (χ0) is 14.7. The Hall–Kier alpha value is -1.33. The minimum Gasteiger partial charge on any atom is -0.491 e. The highest BCUT2D eigenvalue weighted by Crippen LogP contribution is 2.29. The molecule has 2 rings (SSSR count). The summed E-state index contributed by atoms with van der Waals surface area (Å²) in [5.41, 5.74) is 2.24. The van der Waals surface area contributed by atoms with Gasteiger partial charge in [0.2, 0.25) is 0 Å². The lowest BCUT2D eigenvalue weighted by molar-refractivity contribution is 0.242. The predicted octanol–water partition coefficient (Wildman–Crippen LogP) is 3.28. The number of aromatic nitrogens is 2. The fourth-order valence-corrected chi connectivity index (χ4v) is 2.82. The third kappa shape index (κ3) is 3.22. The summed E-state index contributed by atoms with van der Waals surface area (Å²) in [6.45, 7) is 4.06. The van der Waals surface area contributed by atoms with Crippen LogP contribution in [0.3, 0.4) is 0 Å². The van der Waals surface area contributed by atoms with Gasteiger partial charge in [0.1, 0.15) is 5.75 Å². The van der Waals surface area contributed by atoms with Gasteiger partial charge in [0.05, 0.1) is 28.5 Å². The molecule has 108 valence electrons. The molecule has 5 heteroatoms. The summed E-state index contributed by atoms with van der Waals surface area (Å²) in [7, 11) is 3.89. The molecule has 1 heterocycles. The highest BCUT2D eigenvalue weighted by molar-refractivity contribution is 9.10. The summed E-state index contributed by atoms with van der Waals surface area (Å²) in [5.74, 6) is 0.885. The number of halogens is 1. The van der Waals surface area contributed by atoms with Gasteiger partial charge in [-0.3, -0.25) is 4.68 Å². The predicted molar refractivity (Wildman–Crippen MR) is 84.0 cm³/mol. The lowest BCUT2D eigenvalue weighted by Crippen LogP contribution is -2.21. The standard InChI is InChI=1S/C15H20BrN3O/c1-10(2)20-12-7-5-6-11(8-12)14(17-3)15-13(16)9-18-19(15)4/h5-10,14,17H,1-4H3. The highest BCUT2D eigenvalue weighted by atomic mass is 79.9. The summed E-state index contributed by atoms with van der Waals surface area (Å²) in [5, 5.41) is 7.62. The molecule has 0 saturated heterocycles. The normalized spacial score (nSPS) is 12.7. The monoisotopic (exact) mass is 337 g/mol. The largest absolute Gasteiger partial charge is 0.491 e. The maximum Gasteiger partial charge on any atom is 0.120 e. The van der Waals surface area contributed by atoms with E-state index in [2.05, 4.69) is 38.5 Å². The topological polar surface area (TPSA) is 39.1 Å². The Morgan fingerprint density at radius 3 is 2.65 bits per heavy atom. The number of aryl methyl sites for hydroxylation is 1. The third-order valence-electron chi connectivity index (χ3n) is 3.06. The number of nitrogens with zero attached hydrogens (tertiary/aromatic N) is 2. The number of ether oxygens (including phenoxy) is 1. The number of hydrogen-bond donors (Lipinski definition) is 1. The molecule has 0 bridgehead atoms. The van der Waals surface area contributed by atoms with E-state index in [1.165, 1.54) is 0 Å². The highest BCUT2D eigenvalue weighted by Gasteiger charge is 2.19. The Bertz CT molecular complexity index is 561. The first-order valence-electron chi connectivity index (χ1n) is 6.64. The second-order valence-electron chi connectivity index (χ2n) is 4.96. The van der Waals surface area contributed by atoms with Crippen LogP contribution in [-0.2, 0) is 7.05 Å². The molecular formula is C15H20BrN3O. The molecule has 0 amide bonds. The van der Waals surface area contributed by atoms with Gasteiger partial charge in [-0.2, -0.15) is 5.10 Å². The van der Waals surface area contributed by atoms with E-state index in [1.807, 2.05) is 51.0 Å². The van der Waals surface area contributed by atoms with E-state index >= 15 is 0 Å². The quantitative estimate of drug-likeness (QED) is 0.909. The Balaban J connectivity index is 2.37. The molecule has 1 atom stereocenters. The van der Waals surface area contributed by atoms with Crippen molar-refractivity contribution in [3.8, 4) is 5.75 Å². The van der Waals surface area contributed by atoms with Gasteiger partial charge in [-0.05, 0) is 54.5 Å². The molecule has 0 aliphatic heterocycles. The molecule has 20 heavy (non-hydrogen) atoms. The van der Waals surface area contributed by atoms with Gasteiger partial charge in [0, 0.05) is 7.05 Å². The Kier molecular flexibility index (Phi) is 4.83. The fraction of sp³-hybridized carbons (Fsp3) is 0.400. The maximum atomic E-state index is 5.77. The first kappa shape index (κ1) is 15.1. The smallest absolute Gasteiger partial charge is 0.120 e. The van der Waals surface area contributed by atoms with Crippen molar-refractivity contribution in [3.63, 3.8) is 0 Å². The number of benzene rings is 1. The van der Waals surface area contributed by atoms with Crippen molar-refractivity contribution in [2.45, 2.75) is 26.0 Å². The molecule has 0 saturated carbocycles. The summed E-state index contributed by atoms with van der Waals surface area (Å²) >= 11 is 3.56. The lowest BCUT2D eigenvalue weighted by atomic mass is 10.0. The summed E-state index contributed by atoms with van der Waals surface area (Å²) in [6, 6.07) is 8.22. The second-order valence-corrected chi connectivity index (χ2v) is 5.82. The van der Waals surface area contributed by atoms with Crippen molar-refractivity contribution in [1.82, 2.24) is 15.1 Å². The van der Waals surface area contributed by atoms with Crippen LogP contribution in [0.1, 0.15) is 31.1 Å². The number of hydrogen-bond acceptors (Lipinski definition) is 3. The van der Waals surface area contributed by atoms with Gasteiger partial charge in [-0.1, -0.05) is 12.1 Å². The van der Waals surface area contributed by atoms with Crippen LogP contribution < -0.4 is 10.1 Å². The zero-order valence-electron chi connectivity index (χ0n) is 12.2. The molecule has 2 aromatic rings. The van der Waals surface area contributed by atoms with Crippen molar-refractivity contribution in [1.29, 1.82) is 0 Å². The molecule has 1 N–H and O–H groups in total. The zero-order valence-corrected chi connectivity index (χ0v) is 13.8. The van der Waals surface area contributed by atoms with E-state index in [1.54, 1.807) is 0 Å². The molecule has 1 aromatic heterocycles. The van der Waals surface area contributed by atoms with Crippen LogP contribution in [0.5, 0.6) is 5.75 Å². The number of rotatable bonds is 5. The molecule has 4 nitrogen and oxygen atoms in total. The molecule has 0 radical (unpaired) electrons. The first-order chi connectivity index (χ1) is 9.52. The van der Waals surface area contributed by atoms with E-state index < -0.39 is 0 Å². The van der Waals surface area contributed by atoms with Crippen LogP contribution in [0.2, 0.25) is 0 Å². The third-order valence-corrected chi connectivity index (χ3v) is 3.67. The van der Waals surface area contributed by atoms with Crippen LogP contribution in [0.25, 0.3) is 0 Å². The fourth-order valence-electron chi connectivity index (χ4n) is 2.25. The molecule has 0 aliphatic carbocycles. The van der Waals surface area contributed by atoms with Crippen LogP contribution >= 0.6 is 15.9 Å². The van der Waals surface area contributed by atoms with Crippen molar-refractivity contribution in [2.75, 3.05) is 7.05 Å². The van der Waals surface area contributed by atoms with E-state index in [9.17, 15) is 0 Å². The average molecular weight is 338 g/mol. The van der Waals surface area contributed by atoms with Gasteiger partial charge >= 0.3 is 0 Å². The van der Waals surface area contributed by atoms with Gasteiger partial charge in [0.25, 0.3) is 0 Å². The van der Waals surface area contributed by atoms with Crippen LogP contribution in [0, 0.1) is 0 Å². The van der Waals surface area contributed by atoms with Crippen LogP contribution in [0.15, 0.2) is 34.9 Å².